The number of aromatic nitrogens is 1. The van der Waals surface area contributed by atoms with Gasteiger partial charge in [0.05, 0.1) is 6.61 Å². The van der Waals surface area contributed by atoms with Gasteiger partial charge >= 0.3 is 0 Å². The molecule has 0 spiro atoms. The SMILES string of the molecule is CCCOc1ccc(Oc2ncccc2CNC(C)C)cc1. The maximum Gasteiger partial charge on any atom is 0.223 e. The number of nitrogens with one attached hydrogen (secondary N) is 1. The molecule has 0 aliphatic carbocycles. The van der Waals surface area contributed by atoms with E-state index in [1.807, 2.05) is 36.4 Å². The Morgan fingerprint density at radius 2 is 1.82 bits per heavy atom. The molecule has 0 aliphatic rings. The van der Waals surface area contributed by atoms with Crippen LogP contribution >= 0.6 is 0 Å². The van der Waals surface area contributed by atoms with Gasteiger partial charge in [0.15, 0.2) is 0 Å². The minimum atomic E-state index is 0.419. The second-order valence-electron chi connectivity index (χ2n) is 5.43. The summed E-state index contributed by atoms with van der Waals surface area (Å²) >= 11 is 0. The number of rotatable bonds is 8. The van der Waals surface area contributed by atoms with Crippen molar-refractivity contribution in [1.82, 2.24) is 10.3 Å². The zero-order chi connectivity index (χ0) is 15.8. The predicted molar refractivity (Wildman–Crippen MR) is 88.5 cm³/mol. The summed E-state index contributed by atoms with van der Waals surface area (Å²) in [4.78, 5) is 4.33. The normalized spacial score (nSPS) is 10.7. The fourth-order valence-corrected chi connectivity index (χ4v) is 1.90. The van der Waals surface area contributed by atoms with Crippen LogP contribution in [0.4, 0.5) is 0 Å². The highest BCUT2D eigenvalue weighted by molar-refractivity contribution is 5.35. The van der Waals surface area contributed by atoms with Gasteiger partial charge in [0, 0.05) is 24.3 Å². The molecular weight excluding hydrogens is 276 g/mol. The van der Waals surface area contributed by atoms with Crippen LogP contribution in [0.2, 0.25) is 0 Å². The minimum absolute atomic E-state index is 0.419. The van der Waals surface area contributed by atoms with Gasteiger partial charge in [-0.05, 0) is 36.8 Å². The fraction of sp³-hybridized carbons (Fsp3) is 0.389. The van der Waals surface area contributed by atoms with Crippen LogP contribution in [-0.4, -0.2) is 17.6 Å². The van der Waals surface area contributed by atoms with Gasteiger partial charge in [0.2, 0.25) is 5.88 Å². The van der Waals surface area contributed by atoms with Gasteiger partial charge in [0.25, 0.3) is 0 Å². The summed E-state index contributed by atoms with van der Waals surface area (Å²) in [6.45, 7) is 7.78. The van der Waals surface area contributed by atoms with Gasteiger partial charge in [-0.1, -0.05) is 26.8 Å². The van der Waals surface area contributed by atoms with Crippen LogP contribution in [-0.2, 0) is 6.54 Å². The molecule has 2 rings (SSSR count). The van der Waals surface area contributed by atoms with Crippen molar-refractivity contribution in [3.63, 3.8) is 0 Å². The molecule has 1 aromatic heterocycles. The third kappa shape index (κ3) is 5.04. The van der Waals surface area contributed by atoms with Gasteiger partial charge in [-0.15, -0.1) is 0 Å². The van der Waals surface area contributed by atoms with Crippen molar-refractivity contribution in [2.75, 3.05) is 6.61 Å². The van der Waals surface area contributed by atoms with E-state index in [-0.39, 0.29) is 0 Å². The zero-order valence-corrected chi connectivity index (χ0v) is 13.5. The highest BCUT2D eigenvalue weighted by Crippen LogP contribution is 2.25. The summed E-state index contributed by atoms with van der Waals surface area (Å²) in [6.07, 6.45) is 2.74. The van der Waals surface area contributed by atoms with Crippen molar-refractivity contribution < 1.29 is 9.47 Å². The molecule has 2 aromatic rings. The molecule has 1 aromatic carbocycles. The molecule has 1 heterocycles. The van der Waals surface area contributed by atoms with Crippen LogP contribution in [0.3, 0.4) is 0 Å². The fourth-order valence-electron chi connectivity index (χ4n) is 1.90. The molecule has 0 fully saturated rings. The second-order valence-corrected chi connectivity index (χ2v) is 5.43. The van der Waals surface area contributed by atoms with E-state index in [4.69, 9.17) is 9.47 Å². The number of nitrogens with zero attached hydrogens (tertiary/aromatic N) is 1. The van der Waals surface area contributed by atoms with E-state index in [1.165, 1.54) is 0 Å². The third-order valence-corrected chi connectivity index (χ3v) is 3.06. The van der Waals surface area contributed by atoms with Crippen LogP contribution in [0.5, 0.6) is 17.4 Å². The Labute approximate surface area is 132 Å². The van der Waals surface area contributed by atoms with E-state index in [2.05, 4.69) is 31.1 Å². The highest BCUT2D eigenvalue weighted by atomic mass is 16.5. The monoisotopic (exact) mass is 300 g/mol. The summed E-state index contributed by atoms with van der Waals surface area (Å²) in [7, 11) is 0. The first kappa shape index (κ1) is 16.3. The lowest BCUT2D eigenvalue weighted by Crippen LogP contribution is -2.22. The quantitative estimate of drug-likeness (QED) is 0.795. The van der Waals surface area contributed by atoms with Crippen LogP contribution in [0.25, 0.3) is 0 Å². The number of benzene rings is 1. The van der Waals surface area contributed by atoms with Gasteiger partial charge in [-0.2, -0.15) is 0 Å². The van der Waals surface area contributed by atoms with Crippen molar-refractivity contribution in [3.8, 4) is 17.4 Å². The molecule has 0 unspecified atom stereocenters. The molecule has 0 radical (unpaired) electrons. The maximum atomic E-state index is 5.89. The van der Waals surface area contributed by atoms with E-state index >= 15 is 0 Å². The average Bonchev–Trinajstić information content (AvgIpc) is 2.53. The molecule has 0 atom stereocenters. The number of pyridine rings is 1. The second kappa shape index (κ2) is 8.39. The Morgan fingerprint density at radius 1 is 1.09 bits per heavy atom. The molecular formula is C18H24N2O2. The Balaban J connectivity index is 2.03. The zero-order valence-electron chi connectivity index (χ0n) is 13.5. The lowest BCUT2D eigenvalue weighted by atomic mass is 10.2. The van der Waals surface area contributed by atoms with E-state index in [1.54, 1.807) is 6.20 Å². The van der Waals surface area contributed by atoms with E-state index in [9.17, 15) is 0 Å². The Bertz CT molecular complexity index is 568. The molecule has 0 saturated heterocycles. The molecule has 0 aliphatic heterocycles. The standard InChI is InChI=1S/C18H24N2O2/c1-4-12-21-16-7-9-17(10-8-16)22-18-15(6-5-11-19-18)13-20-14(2)3/h5-11,14,20H,4,12-13H2,1-3H3. The average molecular weight is 300 g/mol. The summed E-state index contributed by atoms with van der Waals surface area (Å²) in [5, 5.41) is 3.38. The number of hydrogen-bond donors (Lipinski definition) is 1. The van der Waals surface area contributed by atoms with Crippen molar-refractivity contribution in [2.45, 2.75) is 39.8 Å². The van der Waals surface area contributed by atoms with Gasteiger partial charge < -0.3 is 14.8 Å². The lowest BCUT2D eigenvalue weighted by molar-refractivity contribution is 0.317. The molecule has 22 heavy (non-hydrogen) atoms. The largest absolute Gasteiger partial charge is 0.494 e. The molecule has 4 heteroatoms. The predicted octanol–water partition coefficient (Wildman–Crippen LogP) is 4.16. The molecule has 0 amide bonds. The smallest absolute Gasteiger partial charge is 0.223 e. The van der Waals surface area contributed by atoms with Crippen LogP contribution in [0, 0.1) is 0 Å². The first-order valence-corrected chi connectivity index (χ1v) is 7.77. The summed E-state index contributed by atoms with van der Waals surface area (Å²) in [5.74, 6) is 2.25. The van der Waals surface area contributed by atoms with Crippen molar-refractivity contribution in [1.29, 1.82) is 0 Å². The lowest BCUT2D eigenvalue weighted by Gasteiger charge is -2.12. The molecule has 0 bridgehead atoms. The summed E-state index contributed by atoms with van der Waals surface area (Å²) in [5.41, 5.74) is 1.04. The van der Waals surface area contributed by atoms with Crippen LogP contribution < -0.4 is 14.8 Å². The topological polar surface area (TPSA) is 43.4 Å². The van der Waals surface area contributed by atoms with Gasteiger partial charge in [0.1, 0.15) is 11.5 Å². The molecule has 4 nitrogen and oxygen atoms in total. The number of ether oxygens (including phenoxy) is 2. The Kier molecular flexibility index (Phi) is 6.22. The maximum absolute atomic E-state index is 5.89. The first-order valence-electron chi connectivity index (χ1n) is 7.77. The first-order chi connectivity index (χ1) is 10.7. The number of hydrogen-bond acceptors (Lipinski definition) is 4. The third-order valence-electron chi connectivity index (χ3n) is 3.06. The van der Waals surface area contributed by atoms with Crippen LogP contribution in [0.15, 0.2) is 42.6 Å². The van der Waals surface area contributed by atoms with E-state index in [0.29, 0.717) is 11.9 Å². The summed E-state index contributed by atoms with van der Waals surface area (Å²) < 4.78 is 11.5. The highest BCUT2D eigenvalue weighted by Gasteiger charge is 2.07. The van der Waals surface area contributed by atoms with Gasteiger partial charge in [-0.25, -0.2) is 4.98 Å². The molecule has 118 valence electrons. The van der Waals surface area contributed by atoms with Crippen molar-refractivity contribution in [3.05, 3.63) is 48.2 Å². The molecule has 1 N–H and O–H groups in total. The Morgan fingerprint density at radius 3 is 2.50 bits per heavy atom. The minimum Gasteiger partial charge on any atom is -0.494 e. The van der Waals surface area contributed by atoms with Gasteiger partial charge in [-0.3, -0.25) is 0 Å². The van der Waals surface area contributed by atoms with Crippen LogP contribution in [0.1, 0.15) is 32.8 Å². The van der Waals surface area contributed by atoms with E-state index in [0.717, 1.165) is 36.6 Å². The summed E-state index contributed by atoms with van der Waals surface area (Å²) in [6, 6.07) is 12.0. The van der Waals surface area contributed by atoms with E-state index < -0.39 is 0 Å². The van der Waals surface area contributed by atoms with Crippen molar-refractivity contribution in [2.24, 2.45) is 0 Å². The van der Waals surface area contributed by atoms with Crippen molar-refractivity contribution >= 4 is 0 Å². The molecule has 0 saturated carbocycles. The Hall–Kier alpha value is -2.07.